The number of hydrogen-bond acceptors (Lipinski definition) is 4. The molecule has 0 aliphatic heterocycles. The minimum atomic E-state index is 0.519. The van der Waals surface area contributed by atoms with Crippen molar-refractivity contribution in [2.45, 2.75) is 19.8 Å². The van der Waals surface area contributed by atoms with E-state index in [2.05, 4.69) is 53.7 Å². The summed E-state index contributed by atoms with van der Waals surface area (Å²) >= 11 is 0. The van der Waals surface area contributed by atoms with Crippen LogP contribution in [0.4, 0.5) is 5.82 Å². The van der Waals surface area contributed by atoms with Crippen molar-refractivity contribution in [1.29, 1.82) is 0 Å². The van der Waals surface area contributed by atoms with Gasteiger partial charge in [0.2, 0.25) is 0 Å². The van der Waals surface area contributed by atoms with Crippen molar-refractivity contribution in [1.82, 2.24) is 10.2 Å². The molecule has 0 unspecified atom stereocenters. The summed E-state index contributed by atoms with van der Waals surface area (Å²) in [6.45, 7) is 4.37. The molecule has 0 amide bonds. The van der Waals surface area contributed by atoms with Crippen molar-refractivity contribution in [3.05, 3.63) is 54.1 Å². The van der Waals surface area contributed by atoms with Crippen LogP contribution in [0.25, 0.3) is 22.0 Å². The maximum atomic E-state index is 5.51. The summed E-state index contributed by atoms with van der Waals surface area (Å²) in [6.07, 6.45) is 0. The predicted octanol–water partition coefficient (Wildman–Crippen LogP) is 3.71. The molecule has 0 saturated heterocycles. The van der Waals surface area contributed by atoms with Gasteiger partial charge in [0, 0.05) is 16.3 Å². The Morgan fingerprint density at radius 1 is 0.905 bits per heavy atom. The highest BCUT2D eigenvalue weighted by molar-refractivity contribution is 5.99. The number of nitrogen functional groups attached to an aromatic ring is 1. The molecule has 106 valence electrons. The minimum absolute atomic E-state index is 0.519. The van der Waals surface area contributed by atoms with Crippen LogP contribution in [0.15, 0.2) is 48.5 Å². The monoisotopic (exact) mass is 278 g/mol. The first-order valence-corrected chi connectivity index (χ1v) is 7.03. The third-order valence-corrected chi connectivity index (χ3v) is 3.67. The summed E-state index contributed by atoms with van der Waals surface area (Å²) in [6, 6.07) is 16.5. The van der Waals surface area contributed by atoms with E-state index >= 15 is 0 Å². The largest absolute Gasteiger partial charge is 0.306 e. The van der Waals surface area contributed by atoms with Gasteiger partial charge in [-0.15, -0.1) is 10.2 Å². The number of aromatic nitrogens is 2. The highest BCUT2D eigenvalue weighted by Gasteiger charge is 2.10. The first-order chi connectivity index (χ1) is 10.2. The Morgan fingerprint density at radius 2 is 1.57 bits per heavy atom. The molecule has 0 fully saturated rings. The molecule has 0 aliphatic rings. The number of hydrazine groups is 1. The normalized spacial score (nSPS) is 11.0. The topological polar surface area (TPSA) is 63.8 Å². The van der Waals surface area contributed by atoms with Gasteiger partial charge in [-0.1, -0.05) is 62.4 Å². The van der Waals surface area contributed by atoms with Gasteiger partial charge in [-0.3, -0.25) is 0 Å². The van der Waals surface area contributed by atoms with Crippen molar-refractivity contribution in [3.8, 4) is 11.3 Å². The fourth-order valence-corrected chi connectivity index (χ4v) is 2.45. The number of fused-ring (bicyclic) bond motifs is 1. The molecule has 21 heavy (non-hydrogen) atoms. The van der Waals surface area contributed by atoms with Crippen molar-refractivity contribution in [3.63, 3.8) is 0 Å². The lowest BCUT2D eigenvalue weighted by Crippen LogP contribution is -2.10. The van der Waals surface area contributed by atoms with Crippen LogP contribution >= 0.6 is 0 Å². The molecule has 3 aromatic rings. The molecule has 2 aromatic carbocycles. The molecule has 1 aromatic heterocycles. The Labute approximate surface area is 124 Å². The molecule has 0 radical (unpaired) electrons. The number of nitrogens with zero attached hydrogens (tertiary/aromatic N) is 2. The van der Waals surface area contributed by atoms with Gasteiger partial charge >= 0.3 is 0 Å². The van der Waals surface area contributed by atoms with E-state index < -0.39 is 0 Å². The lowest BCUT2D eigenvalue weighted by molar-refractivity contribution is 0.867. The fraction of sp³-hybridized carbons (Fsp3) is 0.176. The molecule has 0 atom stereocenters. The summed E-state index contributed by atoms with van der Waals surface area (Å²) in [5, 5.41) is 10.5. The number of rotatable bonds is 3. The van der Waals surface area contributed by atoms with Gasteiger partial charge in [0.05, 0.1) is 0 Å². The van der Waals surface area contributed by atoms with Gasteiger partial charge in [-0.05, 0) is 11.5 Å². The quantitative estimate of drug-likeness (QED) is 0.566. The van der Waals surface area contributed by atoms with E-state index in [1.165, 1.54) is 5.56 Å². The Bertz CT molecular complexity index is 763. The summed E-state index contributed by atoms with van der Waals surface area (Å²) in [5.41, 5.74) is 5.85. The van der Waals surface area contributed by atoms with Gasteiger partial charge in [0.25, 0.3) is 0 Å². The number of anilines is 1. The standard InChI is InChI=1S/C17H18N4/c1-11(2)12-7-9-13(10-8-12)16-14-5-3-4-6-15(14)17(19-18)21-20-16/h3-11H,18H2,1-2H3,(H,19,21). The Kier molecular flexibility index (Phi) is 3.54. The molecule has 4 nitrogen and oxygen atoms in total. The molecule has 3 N–H and O–H groups in total. The van der Waals surface area contributed by atoms with Crippen LogP contribution in [0, 0.1) is 0 Å². The lowest BCUT2D eigenvalue weighted by Gasteiger charge is -2.10. The zero-order chi connectivity index (χ0) is 14.8. The van der Waals surface area contributed by atoms with Gasteiger partial charge in [-0.25, -0.2) is 5.84 Å². The van der Waals surface area contributed by atoms with E-state index in [9.17, 15) is 0 Å². The van der Waals surface area contributed by atoms with Crippen LogP contribution in [0.2, 0.25) is 0 Å². The smallest absolute Gasteiger partial charge is 0.170 e. The van der Waals surface area contributed by atoms with Gasteiger partial charge in [-0.2, -0.15) is 0 Å². The van der Waals surface area contributed by atoms with Crippen LogP contribution in [0.5, 0.6) is 0 Å². The van der Waals surface area contributed by atoms with E-state index in [1.54, 1.807) is 0 Å². The molecule has 4 heteroatoms. The van der Waals surface area contributed by atoms with E-state index in [1.807, 2.05) is 24.3 Å². The summed E-state index contributed by atoms with van der Waals surface area (Å²) in [4.78, 5) is 0. The first-order valence-electron chi connectivity index (χ1n) is 7.03. The van der Waals surface area contributed by atoms with E-state index in [0.29, 0.717) is 11.7 Å². The first kappa shape index (κ1) is 13.5. The van der Waals surface area contributed by atoms with Crippen molar-refractivity contribution in [2.24, 2.45) is 5.84 Å². The number of nitrogens with one attached hydrogen (secondary N) is 1. The Morgan fingerprint density at radius 3 is 2.19 bits per heavy atom. The predicted molar refractivity (Wildman–Crippen MR) is 86.9 cm³/mol. The third-order valence-electron chi connectivity index (χ3n) is 3.67. The zero-order valence-corrected chi connectivity index (χ0v) is 12.2. The summed E-state index contributed by atoms with van der Waals surface area (Å²) in [5.74, 6) is 6.62. The van der Waals surface area contributed by atoms with Crippen molar-refractivity contribution >= 4 is 16.6 Å². The molecule has 3 rings (SSSR count). The summed E-state index contributed by atoms with van der Waals surface area (Å²) in [7, 11) is 0. The third kappa shape index (κ3) is 2.45. The molecular formula is C17H18N4. The second kappa shape index (κ2) is 5.50. The molecule has 0 spiro atoms. The van der Waals surface area contributed by atoms with Crippen LogP contribution < -0.4 is 11.3 Å². The molecule has 0 bridgehead atoms. The Balaban J connectivity index is 2.16. The molecular weight excluding hydrogens is 260 g/mol. The van der Waals surface area contributed by atoms with E-state index in [0.717, 1.165) is 22.0 Å². The maximum Gasteiger partial charge on any atom is 0.170 e. The summed E-state index contributed by atoms with van der Waals surface area (Å²) < 4.78 is 0. The van der Waals surface area contributed by atoms with Gasteiger partial charge in [0.15, 0.2) is 5.82 Å². The van der Waals surface area contributed by atoms with Crippen LogP contribution in [-0.2, 0) is 0 Å². The Hall–Kier alpha value is -2.46. The van der Waals surface area contributed by atoms with Crippen molar-refractivity contribution in [2.75, 3.05) is 5.43 Å². The average Bonchev–Trinajstić information content (AvgIpc) is 2.54. The maximum absolute atomic E-state index is 5.51. The molecule has 0 aliphatic carbocycles. The minimum Gasteiger partial charge on any atom is -0.306 e. The average molecular weight is 278 g/mol. The van der Waals surface area contributed by atoms with Crippen LogP contribution in [0.3, 0.4) is 0 Å². The van der Waals surface area contributed by atoms with Gasteiger partial charge < -0.3 is 5.43 Å². The second-order valence-electron chi connectivity index (χ2n) is 5.36. The fourth-order valence-electron chi connectivity index (χ4n) is 2.45. The number of benzene rings is 2. The van der Waals surface area contributed by atoms with Gasteiger partial charge in [0.1, 0.15) is 5.69 Å². The number of hydrogen-bond donors (Lipinski definition) is 2. The van der Waals surface area contributed by atoms with Crippen LogP contribution in [-0.4, -0.2) is 10.2 Å². The van der Waals surface area contributed by atoms with E-state index in [-0.39, 0.29) is 0 Å². The molecule has 0 saturated carbocycles. The zero-order valence-electron chi connectivity index (χ0n) is 12.2. The number of nitrogens with two attached hydrogens (primary N) is 1. The lowest BCUT2D eigenvalue weighted by atomic mass is 9.99. The highest BCUT2D eigenvalue weighted by atomic mass is 15.3. The second-order valence-corrected chi connectivity index (χ2v) is 5.36. The van der Waals surface area contributed by atoms with Crippen molar-refractivity contribution < 1.29 is 0 Å². The SMILES string of the molecule is CC(C)c1ccc(-c2nnc(NN)c3ccccc23)cc1. The highest BCUT2D eigenvalue weighted by Crippen LogP contribution is 2.30. The van der Waals surface area contributed by atoms with Crippen LogP contribution in [0.1, 0.15) is 25.3 Å². The van der Waals surface area contributed by atoms with E-state index in [4.69, 9.17) is 5.84 Å². The molecule has 1 heterocycles.